The molecule has 0 aliphatic carbocycles. The second kappa shape index (κ2) is 3.86. The molecule has 0 unspecified atom stereocenters. The van der Waals surface area contributed by atoms with Crippen molar-refractivity contribution in [1.29, 1.82) is 0 Å². The maximum absolute atomic E-state index is 4.46. The van der Waals surface area contributed by atoms with Crippen LogP contribution in [0.5, 0.6) is 0 Å². The highest BCUT2D eigenvalue weighted by Gasteiger charge is 2.12. The summed E-state index contributed by atoms with van der Waals surface area (Å²) in [6, 6.07) is 9.82. The Morgan fingerprint density at radius 1 is 1.10 bits per heavy atom. The molecule has 0 saturated heterocycles. The summed E-state index contributed by atoms with van der Waals surface area (Å²) < 4.78 is 3.63. The van der Waals surface area contributed by atoms with E-state index in [0.717, 1.165) is 33.8 Å². The molecule has 6 heteroatoms. The fourth-order valence-corrected chi connectivity index (χ4v) is 2.41. The summed E-state index contributed by atoms with van der Waals surface area (Å²) in [6.07, 6.45) is 1.81. The van der Waals surface area contributed by atoms with Gasteiger partial charge < -0.3 is 0 Å². The Hall–Kier alpha value is -2.76. The topological polar surface area (TPSA) is 60.9 Å². The zero-order valence-corrected chi connectivity index (χ0v) is 11.1. The van der Waals surface area contributed by atoms with Gasteiger partial charge in [0.2, 0.25) is 0 Å². The van der Waals surface area contributed by atoms with Crippen molar-refractivity contribution in [3.63, 3.8) is 0 Å². The molecule has 0 aliphatic heterocycles. The van der Waals surface area contributed by atoms with Gasteiger partial charge in [0.1, 0.15) is 11.2 Å². The number of fused-ring (bicyclic) bond motifs is 2. The average Bonchev–Trinajstić information content (AvgIpc) is 3.03. The van der Waals surface area contributed by atoms with Crippen LogP contribution in [0.25, 0.3) is 22.4 Å². The van der Waals surface area contributed by atoms with Crippen LogP contribution in [0.15, 0.2) is 36.5 Å². The molecule has 0 atom stereocenters. The highest BCUT2D eigenvalue weighted by atomic mass is 15.4. The Morgan fingerprint density at radius 2 is 1.95 bits per heavy atom. The normalized spacial score (nSPS) is 11.5. The molecular formula is C14H12N6. The van der Waals surface area contributed by atoms with Crippen molar-refractivity contribution >= 4 is 16.7 Å². The van der Waals surface area contributed by atoms with Crippen LogP contribution in [-0.4, -0.2) is 29.6 Å². The Balaban J connectivity index is 2.04. The quantitative estimate of drug-likeness (QED) is 0.528. The van der Waals surface area contributed by atoms with Gasteiger partial charge in [-0.25, -0.2) is 14.2 Å². The van der Waals surface area contributed by atoms with E-state index < -0.39 is 0 Å². The molecule has 20 heavy (non-hydrogen) atoms. The van der Waals surface area contributed by atoms with Gasteiger partial charge in [0.25, 0.3) is 0 Å². The summed E-state index contributed by atoms with van der Waals surface area (Å²) in [6.45, 7) is 3.96. The second-order valence-corrected chi connectivity index (χ2v) is 4.77. The van der Waals surface area contributed by atoms with Gasteiger partial charge in [0.05, 0.1) is 23.1 Å². The second-order valence-electron chi connectivity index (χ2n) is 4.77. The van der Waals surface area contributed by atoms with Crippen LogP contribution >= 0.6 is 0 Å². The lowest BCUT2D eigenvalue weighted by Crippen LogP contribution is -2.06. The van der Waals surface area contributed by atoms with E-state index in [4.69, 9.17) is 0 Å². The van der Waals surface area contributed by atoms with Crippen molar-refractivity contribution in [2.75, 3.05) is 0 Å². The number of hydrogen-bond donors (Lipinski definition) is 0. The smallest absolute Gasteiger partial charge is 0.155 e. The Kier molecular flexibility index (Phi) is 2.14. The van der Waals surface area contributed by atoms with Crippen LogP contribution in [0.4, 0.5) is 0 Å². The van der Waals surface area contributed by atoms with Gasteiger partial charge in [-0.3, -0.25) is 0 Å². The number of aryl methyl sites for hydroxylation is 2. The Labute approximate surface area is 114 Å². The first kappa shape index (κ1) is 11.1. The fraction of sp³-hybridized carbons (Fsp3) is 0.143. The van der Waals surface area contributed by atoms with E-state index in [-0.39, 0.29) is 0 Å². The van der Waals surface area contributed by atoms with Crippen molar-refractivity contribution in [1.82, 2.24) is 29.6 Å². The highest BCUT2D eigenvalue weighted by Crippen LogP contribution is 2.19. The van der Waals surface area contributed by atoms with Gasteiger partial charge in [0.15, 0.2) is 5.65 Å². The van der Waals surface area contributed by atoms with E-state index in [9.17, 15) is 0 Å². The number of rotatable bonds is 1. The molecule has 0 saturated carbocycles. The minimum Gasteiger partial charge on any atom is -0.235 e. The average molecular weight is 264 g/mol. The highest BCUT2D eigenvalue weighted by molar-refractivity contribution is 5.76. The predicted molar refractivity (Wildman–Crippen MR) is 74.9 cm³/mol. The number of benzene rings is 1. The molecule has 0 radical (unpaired) electrons. The standard InChI is InChI=1S/C14H12N6/c1-9-7-14-15-8-13(10(2)19(14)17-9)20-12-6-4-3-5-11(12)16-18-20/h3-8H,1-2H3. The molecule has 0 N–H and O–H groups in total. The lowest BCUT2D eigenvalue weighted by molar-refractivity contribution is 0.784. The lowest BCUT2D eigenvalue weighted by Gasteiger charge is -2.07. The number of hydrogen-bond acceptors (Lipinski definition) is 4. The summed E-state index contributed by atoms with van der Waals surface area (Å²) in [5, 5.41) is 12.9. The molecule has 0 spiro atoms. The predicted octanol–water partition coefficient (Wildman–Crippen LogP) is 2.08. The molecule has 3 heterocycles. The van der Waals surface area contributed by atoms with Crippen molar-refractivity contribution in [3.8, 4) is 5.69 Å². The zero-order valence-electron chi connectivity index (χ0n) is 11.1. The van der Waals surface area contributed by atoms with Crippen LogP contribution in [0.1, 0.15) is 11.4 Å². The molecule has 0 amide bonds. The van der Waals surface area contributed by atoms with Crippen LogP contribution in [-0.2, 0) is 0 Å². The molecule has 3 aromatic heterocycles. The third kappa shape index (κ3) is 1.45. The van der Waals surface area contributed by atoms with E-state index in [1.165, 1.54) is 0 Å². The van der Waals surface area contributed by atoms with Gasteiger partial charge in [-0.15, -0.1) is 5.10 Å². The van der Waals surface area contributed by atoms with E-state index in [1.807, 2.05) is 54.9 Å². The van der Waals surface area contributed by atoms with Crippen molar-refractivity contribution in [3.05, 3.63) is 47.9 Å². The van der Waals surface area contributed by atoms with E-state index in [1.54, 1.807) is 4.68 Å². The minimum atomic E-state index is 0.841. The summed E-state index contributed by atoms with van der Waals surface area (Å²) >= 11 is 0. The van der Waals surface area contributed by atoms with E-state index in [2.05, 4.69) is 20.4 Å². The van der Waals surface area contributed by atoms with Crippen molar-refractivity contribution in [2.45, 2.75) is 13.8 Å². The molecule has 0 bridgehead atoms. The van der Waals surface area contributed by atoms with Gasteiger partial charge in [0, 0.05) is 6.07 Å². The van der Waals surface area contributed by atoms with Gasteiger partial charge >= 0.3 is 0 Å². The van der Waals surface area contributed by atoms with E-state index >= 15 is 0 Å². The number of nitrogens with zero attached hydrogens (tertiary/aromatic N) is 6. The van der Waals surface area contributed by atoms with Crippen LogP contribution in [0.2, 0.25) is 0 Å². The monoisotopic (exact) mass is 264 g/mol. The summed E-state index contributed by atoms with van der Waals surface area (Å²) in [7, 11) is 0. The molecule has 98 valence electrons. The van der Waals surface area contributed by atoms with Gasteiger partial charge in [-0.2, -0.15) is 5.10 Å². The summed E-state index contributed by atoms with van der Waals surface area (Å²) in [4.78, 5) is 4.44. The van der Waals surface area contributed by atoms with Crippen molar-refractivity contribution < 1.29 is 0 Å². The summed E-state index contributed by atoms with van der Waals surface area (Å²) in [5.41, 5.74) is 5.48. The molecule has 0 fully saturated rings. The minimum absolute atomic E-state index is 0.841. The Morgan fingerprint density at radius 3 is 2.85 bits per heavy atom. The third-order valence-electron chi connectivity index (χ3n) is 3.40. The fourth-order valence-electron chi connectivity index (χ4n) is 2.41. The Bertz CT molecular complexity index is 933. The van der Waals surface area contributed by atoms with Gasteiger partial charge in [-0.1, -0.05) is 17.3 Å². The van der Waals surface area contributed by atoms with Gasteiger partial charge in [-0.05, 0) is 26.0 Å². The zero-order chi connectivity index (χ0) is 13.7. The maximum Gasteiger partial charge on any atom is 0.155 e. The maximum atomic E-state index is 4.46. The molecule has 1 aromatic carbocycles. The van der Waals surface area contributed by atoms with Crippen LogP contribution in [0.3, 0.4) is 0 Å². The van der Waals surface area contributed by atoms with Crippen LogP contribution < -0.4 is 0 Å². The summed E-state index contributed by atoms with van der Waals surface area (Å²) in [5.74, 6) is 0. The SMILES string of the molecule is Cc1cc2ncc(-n3nnc4ccccc43)c(C)n2n1. The first-order valence-corrected chi connectivity index (χ1v) is 6.37. The molecule has 4 aromatic rings. The lowest BCUT2D eigenvalue weighted by atomic mass is 10.3. The number of para-hydroxylation sites is 1. The van der Waals surface area contributed by atoms with Crippen LogP contribution in [0, 0.1) is 13.8 Å². The molecular weight excluding hydrogens is 252 g/mol. The molecule has 6 nitrogen and oxygen atoms in total. The third-order valence-corrected chi connectivity index (χ3v) is 3.40. The van der Waals surface area contributed by atoms with Crippen molar-refractivity contribution in [2.24, 2.45) is 0 Å². The first-order chi connectivity index (χ1) is 9.74. The number of aromatic nitrogens is 6. The van der Waals surface area contributed by atoms with E-state index in [0.29, 0.717) is 0 Å². The largest absolute Gasteiger partial charge is 0.235 e. The molecule has 0 aliphatic rings. The molecule has 4 rings (SSSR count). The first-order valence-electron chi connectivity index (χ1n) is 6.37.